The Bertz CT molecular complexity index is 689. The van der Waals surface area contributed by atoms with Crippen molar-refractivity contribution in [2.75, 3.05) is 21.3 Å². The van der Waals surface area contributed by atoms with Crippen LogP contribution >= 0.6 is 0 Å². The number of rotatable bonds is 4. The van der Waals surface area contributed by atoms with Gasteiger partial charge in [-0.2, -0.15) is 0 Å². The van der Waals surface area contributed by atoms with E-state index in [1.807, 2.05) is 24.3 Å². The number of benzene rings is 1. The van der Waals surface area contributed by atoms with Gasteiger partial charge in [0.1, 0.15) is 11.3 Å². The summed E-state index contributed by atoms with van der Waals surface area (Å²) in [7, 11) is 4.24. The summed E-state index contributed by atoms with van der Waals surface area (Å²) in [5.74, 6) is -0.608. The molecule has 9 nitrogen and oxygen atoms in total. The van der Waals surface area contributed by atoms with Crippen LogP contribution in [0.25, 0.3) is 0 Å². The normalized spacial score (nSPS) is 20.9. The van der Waals surface area contributed by atoms with Gasteiger partial charge in [-0.3, -0.25) is 14.9 Å². The molecule has 0 bridgehead atoms. The van der Waals surface area contributed by atoms with E-state index in [2.05, 4.69) is 25.3 Å². The fraction of sp³-hybridized carbons (Fsp3) is 0.421. The Labute approximate surface area is 180 Å². The molecule has 10 heteroatoms. The Morgan fingerprint density at radius 1 is 1.03 bits per heavy atom. The van der Waals surface area contributed by atoms with Gasteiger partial charge in [-0.05, 0) is 19.4 Å². The molecule has 0 spiro atoms. The fourth-order valence-electron chi connectivity index (χ4n) is 3.02. The summed E-state index contributed by atoms with van der Waals surface area (Å²) >= 11 is 0. The predicted octanol–water partition coefficient (Wildman–Crippen LogP) is 1.34. The molecule has 1 aliphatic heterocycles. The fourth-order valence-corrected chi connectivity index (χ4v) is 3.02. The first-order chi connectivity index (χ1) is 13.5. The molecule has 1 fully saturated rings. The van der Waals surface area contributed by atoms with E-state index in [1.54, 1.807) is 14.0 Å². The predicted molar refractivity (Wildman–Crippen MR) is 91.2 cm³/mol. The average Bonchev–Trinajstić information content (AvgIpc) is 3.15. The van der Waals surface area contributed by atoms with E-state index in [-0.39, 0.29) is 29.4 Å². The van der Waals surface area contributed by atoms with Crippen molar-refractivity contribution < 1.29 is 55.1 Å². The maximum absolute atomic E-state index is 12.1. The smallest absolute Gasteiger partial charge is 0 e. The molecule has 1 unspecified atom stereocenters. The monoisotopic (exact) mass is 443 g/mol. The summed E-state index contributed by atoms with van der Waals surface area (Å²) in [4.78, 5) is 24.2. The molecular formula is C19H21CrNO8. The third kappa shape index (κ3) is 7.90. The second kappa shape index (κ2) is 16.6. The molecule has 1 N–H and O–H groups in total. The standard InChI is InChI=1S/C16H21NO5.3CO.Cr/c1-16(15(19)22-4)9-11(14(18)21-3)13(17-16)10-7-5-6-8-12(10)20-2;3*1-2;/h5-8,11,13,17H,9H2,1-4H3;;;;/t11-,13?,16+;;;;/m0..../s1. The molecule has 0 aromatic heterocycles. The molecule has 156 valence electrons. The van der Waals surface area contributed by atoms with E-state index in [0.717, 1.165) is 5.56 Å². The maximum Gasteiger partial charge on any atom is 0 e. The van der Waals surface area contributed by atoms with Crippen molar-refractivity contribution in [3.05, 3.63) is 49.8 Å². The minimum atomic E-state index is -0.945. The van der Waals surface area contributed by atoms with Gasteiger partial charge in [0, 0.05) is 22.9 Å². The molecule has 2 rings (SSSR count). The van der Waals surface area contributed by atoms with Crippen LogP contribution in [0.15, 0.2) is 24.3 Å². The molecule has 3 atom stereocenters. The molecular weight excluding hydrogens is 422 g/mol. The molecule has 0 radical (unpaired) electrons. The second-order valence-electron chi connectivity index (χ2n) is 5.52. The Morgan fingerprint density at radius 3 is 2.00 bits per heavy atom. The van der Waals surface area contributed by atoms with Crippen LogP contribution in [0, 0.1) is 25.9 Å². The zero-order valence-electron chi connectivity index (χ0n) is 16.3. The summed E-state index contributed by atoms with van der Waals surface area (Å²) in [5, 5.41) is 3.22. The number of esters is 2. The van der Waals surface area contributed by atoms with Gasteiger partial charge in [0.15, 0.2) is 0 Å². The third-order valence-electron chi connectivity index (χ3n) is 4.12. The summed E-state index contributed by atoms with van der Waals surface area (Å²) in [6.07, 6.45) is 0.301. The second-order valence-corrected chi connectivity index (χ2v) is 5.52. The first-order valence-electron chi connectivity index (χ1n) is 7.65. The summed E-state index contributed by atoms with van der Waals surface area (Å²) in [5.41, 5.74) is -0.132. The number of carbonyl (C=O) groups excluding carboxylic acids is 2. The Morgan fingerprint density at radius 2 is 1.55 bits per heavy atom. The van der Waals surface area contributed by atoms with Gasteiger partial charge in [0.25, 0.3) is 0 Å². The summed E-state index contributed by atoms with van der Waals surface area (Å²) in [6, 6.07) is 7.02. The van der Waals surface area contributed by atoms with Crippen molar-refractivity contribution in [3.63, 3.8) is 0 Å². The Kier molecular flexibility index (Phi) is 18.0. The van der Waals surface area contributed by atoms with Gasteiger partial charge in [-0.15, -0.1) is 0 Å². The molecule has 1 heterocycles. The van der Waals surface area contributed by atoms with Gasteiger partial charge in [0.05, 0.1) is 33.3 Å². The van der Waals surface area contributed by atoms with Gasteiger partial charge in [-0.1, -0.05) is 18.2 Å². The number of hydrogen-bond acceptors (Lipinski definition) is 6. The molecule has 0 saturated carbocycles. The topological polar surface area (TPSA) is 134 Å². The van der Waals surface area contributed by atoms with Crippen molar-refractivity contribution in [2.45, 2.75) is 24.9 Å². The van der Waals surface area contributed by atoms with Crippen molar-refractivity contribution in [1.29, 1.82) is 0 Å². The van der Waals surface area contributed by atoms with Gasteiger partial charge in [-0.25, -0.2) is 0 Å². The number of ether oxygens (including phenoxy) is 3. The first kappa shape index (κ1) is 31.4. The van der Waals surface area contributed by atoms with Crippen LogP contribution in [0.2, 0.25) is 0 Å². The van der Waals surface area contributed by atoms with Gasteiger partial charge in [0.2, 0.25) is 0 Å². The average molecular weight is 443 g/mol. The largest absolute Gasteiger partial charge is 0 e. The Hall–Kier alpha value is -2.33. The molecule has 1 saturated heterocycles. The molecule has 1 aromatic rings. The van der Waals surface area contributed by atoms with E-state index in [9.17, 15) is 9.59 Å². The van der Waals surface area contributed by atoms with E-state index in [4.69, 9.17) is 28.2 Å². The van der Waals surface area contributed by atoms with E-state index in [0.29, 0.717) is 12.2 Å². The zero-order valence-corrected chi connectivity index (χ0v) is 17.6. The number of nitrogens with one attached hydrogen (secondary N) is 1. The quantitative estimate of drug-likeness (QED) is 0.424. The van der Waals surface area contributed by atoms with Gasteiger partial charge < -0.3 is 14.2 Å². The minimum absolute atomic E-state index is 0. The molecule has 1 aromatic carbocycles. The molecule has 1 aliphatic rings. The van der Waals surface area contributed by atoms with Crippen LogP contribution < -0.4 is 10.1 Å². The number of para-hydroxylation sites is 1. The van der Waals surface area contributed by atoms with Crippen molar-refractivity contribution in [2.24, 2.45) is 5.92 Å². The summed E-state index contributed by atoms with van der Waals surface area (Å²) < 4.78 is 37.6. The van der Waals surface area contributed by atoms with E-state index < -0.39 is 17.4 Å². The van der Waals surface area contributed by atoms with Crippen LogP contribution in [0.4, 0.5) is 0 Å². The van der Waals surface area contributed by atoms with Gasteiger partial charge >= 0.3 is 45.8 Å². The molecule has 0 amide bonds. The number of methoxy groups -OCH3 is 3. The van der Waals surface area contributed by atoms with Crippen LogP contribution in [-0.4, -0.2) is 38.8 Å². The third-order valence-corrected chi connectivity index (χ3v) is 4.12. The zero-order chi connectivity index (χ0) is 22.3. The van der Waals surface area contributed by atoms with E-state index in [1.165, 1.54) is 14.2 Å². The van der Waals surface area contributed by atoms with E-state index >= 15 is 0 Å². The van der Waals surface area contributed by atoms with Crippen LogP contribution in [0.5, 0.6) is 5.75 Å². The number of hydrogen-bond donors (Lipinski definition) is 1. The molecule has 29 heavy (non-hydrogen) atoms. The summed E-state index contributed by atoms with van der Waals surface area (Å²) in [6.45, 7) is 15.2. The number of carbonyl (C=O) groups is 2. The van der Waals surface area contributed by atoms with Crippen LogP contribution in [-0.2, 0) is 50.4 Å². The minimum Gasteiger partial charge on any atom is 0 e. The van der Waals surface area contributed by atoms with Crippen LogP contribution in [0.1, 0.15) is 24.9 Å². The maximum atomic E-state index is 12.1. The van der Waals surface area contributed by atoms with Crippen LogP contribution in [0.3, 0.4) is 0 Å². The SMILES string of the molecule is COC(=O)[C@H]1C[C@](C)(C(=O)OC)NC1c1ccccc1OC.[C-]#[O+].[C-]#[O+].[C-]#[O+].[Cr]. The van der Waals surface area contributed by atoms with Crippen molar-refractivity contribution in [3.8, 4) is 5.75 Å². The first-order valence-corrected chi connectivity index (χ1v) is 7.65. The van der Waals surface area contributed by atoms with Crippen molar-refractivity contribution in [1.82, 2.24) is 5.32 Å². The molecule has 0 aliphatic carbocycles. The Balaban J connectivity index is -0.000000883. The van der Waals surface area contributed by atoms with Crippen molar-refractivity contribution >= 4 is 11.9 Å².